The number of hydrogen-bond acceptors (Lipinski definition) is 2. The molecule has 0 amide bonds. The molecule has 3 heteroatoms. The summed E-state index contributed by atoms with van der Waals surface area (Å²) in [7, 11) is 2.06. The Bertz CT molecular complexity index is 526. The molecule has 0 saturated carbocycles. The first kappa shape index (κ1) is 11.9. The van der Waals surface area contributed by atoms with E-state index in [2.05, 4.69) is 47.8 Å². The highest BCUT2D eigenvalue weighted by atomic mass is 15.1. The van der Waals surface area contributed by atoms with Crippen molar-refractivity contribution in [1.82, 2.24) is 9.55 Å². The third-order valence-electron chi connectivity index (χ3n) is 3.18. The van der Waals surface area contributed by atoms with E-state index >= 15 is 0 Å². The van der Waals surface area contributed by atoms with Crippen molar-refractivity contribution in [2.24, 2.45) is 12.8 Å². The SMILES string of the molecule is Cc1ccccc1-c1nc(C)c(CCN)n1C. The highest BCUT2D eigenvalue weighted by Gasteiger charge is 2.13. The lowest BCUT2D eigenvalue weighted by Gasteiger charge is -2.07. The van der Waals surface area contributed by atoms with Gasteiger partial charge in [-0.2, -0.15) is 0 Å². The van der Waals surface area contributed by atoms with E-state index in [1.165, 1.54) is 16.8 Å². The number of nitrogens with zero attached hydrogens (tertiary/aromatic N) is 2. The molecule has 0 aliphatic rings. The van der Waals surface area contributed by atoms with Gasteiger partial charge in [0.15, 0.2) is 0 Å². The van der Waals surface area contributed by atoms with E-state index in [4.69, 9.17) is 5.73 Å². The summed E-state index contributed by atoms with van der Waals surface area (Å²) in [5, 5.41) is 0. The maximum atomic E-state index is 5.64. The molecule has 0 bridgehead atoms. The fraction of sp³-hybridized carbons (Fsp3) is 0.357. The third-order valence-corrected chi connectivity index (χ3v) is 3.18. The van der Waals surface area contributed by atoms with E-state index in [1.807, 2.05) is 6.92 Å². The van der Waals surface area contributed by atoms with Crippen LogP contribution < -0.4 is 5.73 Å². The molecule has 0 saturated heterocycles. The second-order valence-electron chi connectivity index (χ2n) is 4.38. The van der Waals surface area contributed by atoms with Crippen molar-refractivity contribution in [3.8, 4) is 11.4 Å². The van der Waals surface area contributed by atoms with E-state index in [0.29, 0.717) is 6.54 Å². The first-order chi connectivity index (χ1) is 8.15. The average Bonchev–Trinajstić information content (AvgIpc) is 2.58. The molecular formula is C14H19N3. The van der Waals surface area contributed by atoms with Gasteiger partial charge in [-0.3, -0.25) is 0 Å². The highest BCUT2D eigenvalue weighted by molar-refractivity contribution is 5.61. The number of aryl methyl sites for hydroxylation is 2. The summed E-state index contributed by atoms with van der Waals surface area (Å²) in [6, 6.07) is 8.33. The normalized spacial score (nSPS) is 10.8. The number of rotatable bonds is 3. The van der Waals surface area contributed by atoms with Gasteiger partial charge < -0.3 is 10.3 Å². The largest absolute Gasteiger partial charge is 0.331 e. The molecule has 0 spiro atoms. The first-order valence-electron chi connectivity index (χ1n) is 5.93. The lowest BCUT2D eigenvalue weighted by molar-refractivity contribution is 0.805. The Morgan fingerprint density at radius 2 is 1.94 bits per heavy atom. The zero-order valence-corrected chi connectivity index (χ0v) is 10.7. The van der Waals surface area contributed by atoms with Crippen molar-refractivity contribution < 1.29 is 0 Å². The summed E-state index contributed by atoms with van der Waals surface area (Å²) in [4.78, 5) is 4.67. The average molecular weight is 229 g/mol. The summed E-state index contributed by atoms with van der Waals surface area (Å²) >= 11 is 0. The van der Waals surface area contributed by atoms with Gasteiger partial charge in [0.05, 0.1) is 5.69 Å². The molecule has 2 aromatic rings. The van der Waals surface area contributed by atoms with Crippen molar-refractivity contribution in [2.75, 3.05) is 6.54 Å². The molecule has 17 heavy (non-hydrogen) atoms. The minimum atomic E-state index is 0.660. The van der Waals surface area contributed by atoms with E-state index in [0.717, 1.165) is 17.9 Å². The van der Waals surface area contributed by atoms with Gasteiger partial charge in [-0.1, -0.05) is 24.3 Å². The van der Waals surface area contributed by atoms with Crippen molar-refractivity contribution >= 4 is 0 Å². The van der Waals surface area contributed by atoms with Crippen LogP contribution >= 0.6 is 0 Å². The molecule has 0 radical (unpaired) electrons. The van der Waals surface area contributed by atoms with Gasteiger partial charge in [0.25, 0.3) is 0 Å². The van der Waals surface area contributed by atoms with E-state index in [1.54, 1.807) is 0 Å². The lowest BCUT2D eigenvalue weighted by Crippen LogP contribution is -2.08. The van der Waals surface area contributed by atoms with Crippen molar-refractivity contribution in [1.29, 1.82) is 0 Å². The molecule has 0 atom stereocenters. The molecule has 2 rings (SSSR count). The molecule has 3 nitrogen and oxygen atoms in total. The number of nitrogens with two attached hydrogens (primary N) is 1. The molecule has 2 N–H and O–H groups in total. The summed E-state index contributed by atoms with van der Waals surface area (Å²) < 4.78 is 2.16. The first-order valence-corrected chi connectivity index (χ1v) is 5.93. The Labute approximate surface area is 102 Å². The van der Waals surface area contributed by atoms with Gasteiger partial charge in [0.2, 0.25) is 0 Å². The minimum Gasteiger partial charge on any atom is -0.331 e. The molecule has 1 heterocycles. The predicted octanol–water partition coefficient (Wildman–Crippen LogP) is 2.21. The Morgan fingerprint density at radius 3 is 2.59 bits per heavy atom. The maximum absolute atomic E-state index is 5.64. The molecule has 0 unspecified atom stereocenters. The molecule has 0 aliphatic carbocycles. The van der Waals surface area contributed by atoms with E-state index < -0.39 is 0 Å². The van der Waals surface area contributed by atoms with Crippen molar-refractivity contribution in [3.05, 3.63) is 41.2 Å². The van der Waals surface area contributed by atoms with Crippen LogP contribution in [0.1, 0.15) is 17.0 Å². The van der Waals surface area contributed by atoms with Gasteiger partial charge in [-0.15, -0.1) is 0 Å². The second-order valence-corrected chi connectivity index (χ2v) is 4.38. The summed E-state index contributed by atoms with van der Waals surface area (Å²) in [6.07, 6.45) is 0.876. The van der Waals surface area contributed by atoms with Crippen LogP contribution in [0.15, 0.2) is 24.3 Å². The topological polar surface area (TPSA) is 43.8 Å². The van der Waals surface area contributed by atoms with Gasteiger partial charge >= 0.3 is 0 Å². The fourth-order valence-electron chi connectivity index (χ4n) is 2.22. The molecule has 1 aromatic heterocycles. The van der Waals surface area contributed by atoms with Crippen LogP contribution in [0.4, 0.5) is 0 Å². The van der Waals surface area contributed by atoms with Crippen LogP contribution in [0.2, 0.25) is 0 Å². The van der Waals surface area contributed by atoms with E-state index in [9.17, 15) is 0 Å². The predicted molar refractivity (Wildman–Crippen MR) is 70.9 cm³/mol. The van der Waals surface area contributed by atoms with Crippen LogP contribution in [-0.2, 0) is 13.5 Å². The fourth-order valence-corrected chi connectivity index (χ4v) is 2.22. The highest BCUT2D eigenvalue weighted by Crippen LogP contribution is 2.24. The number of imidazole rings is 1. The zero-order chi connectivity index (χ0) is 12.4. The van der Waals surface area contributed by atoms with Crippen LogP contribution in [-0.4, -0.2) is 16.1 Å². The standard InChI is InChI=1S/C14H19N3/c1-10-6-4-5-7-12(10)14-16-11(2)13(8-9-15)17(14)3/h4-7H,8-9,15H2,1-3H3. The van der Waals surface area contributed by atoms with Crippen molar-refractivity contribution in [3.63, 3.8) is 0 Å². The number of hydrogen-bond donors (Lipinski definition) is 1. The quantitative estimate of drug-likeness (QED) is 0.877. The van der Waals surface area contributed by atoms with E-state index in [-0.39, 0.29) is 0 Å². The number of benzene rings is 1. The lowest BCUT2D eigenvalue weighted by atomic mass is 10.1. The smallest absolute Gasteiger partial charge is 0.140 e. The molecular weight excluding hydrogens is 210 g/mol. The van der Waals surface area contributed by atoms with Crippen molar-refractivity contribution in [2.45, 2.75) is 20.3 Å². The van der Waals surface area contributed by atoms with Crippen LogP contribution in [0.3, 0.4) is 0 Å². The molecule has 1 aromatic carbocycles. The zero-order valence-electron chi connectivity index (χ0n) is 10.7. The van der Waals surface area contributed by atoms with Crippen LogP contribution in [0, 0.1) is 13.8 Å². The van der Waals surface area contributed by atoms with Crippen LogP contribution in [0.25, 0.3) is 11.4 Å². The molecule has 0 fully saturated rings. The Morgan fingerprint density at radius 1 is 1.24 bits per heavy atom. The molecule has 0 aliphatic heterocycles. The van der Waals surface area contributed by atoms with Gasteiger partial charge in [0.1, 0.15) is 5.82 Å². The summed E-state index contributed by atoms with van der Waals surface area (Å²) in [6.45, 7) is 4.82. The Kier molecular flexibility index (Phi) is 3.29. The van der Waals surface area contributed by atoms with Gasteiger partial charge in [-0.05, 0) is 26.0 Å². The van der Waals surface area contributed by atoms with Gasteiger partial charge in [0, 0.05) is 24.7 Å². The summed E-state index contributed by atoms with van der Waals surface area (Å²) in [5.41, 5.74) is 10.4. The summed E-state index contributed by atoms with van der Waals surface area (Å²) in [5.74, 6) is 1.03. The van der Waals surface area contributed by atoms with Crippen LogP contribution in [0.5, 0.6) is 0 Å². The third kappa shape index (κ3) is 2.11. The monoisotopic (exact) mass is 229 g/mol. The Balaban J connectivity index is 2.54. The minimum absolute atomic E-state index is 0.660. The Hall–Kier alpha value is -1.61. The second kappa shape index (κ2) is 4.72. The van der Waals surface area contributed by atoms with Gasteiger partial charge in [-0.25, -0.2) is 4.98 Å². The number of aromatic nitrogens is 2. The molecule has 90 valence electrons. The maximum Gasteiger partial charge on any atom is 0.140 e.